The molecule has 1 aromatic heterocycles. The summed E-state index contributed by atoms with van der Waals surface area (Å²) in [6.07, 6.45) is 3.33. The van der Waals surface area contributed by atoms with Gasteiger partial charge in [0.05, 0.1) is 11.7 Å². The number of nitrogens with two attached hydrogens (primary N) is 1. The lowest BCUT2D eigenvalue weighted by atomic mass is 10.1. The lowest BCUT2D eigenvalue weighted by molar-refractivity contribution is 0.342. The topological polar surface area (TPSA) is 64.9 Å². The molecular weight excluding hydrogens is 234 g/mol. The number of nitrogens with zero attached hydrogens (tertiary/aromatic N) is 2. The molecule has 1 fully saturated rings. The monoisotopic (exact) mass is 255 g/mol. The van der Waals surface area contributed by atoms with E-state index in [1.54, 1.807) is 0 Å². The Hall–Kier alpha value is -0.550. The van der Waals surface area contributed by atoms with E-state index in [0.717, 1.165) is 36.1 Å². The van der Waals surface area contributed by atoms with Gasteiger partial charge in [0.15, 0.2) is 5.82 Å². The Bertz CT molecular complexity index is 353. The third kappa shape index (κ3) is 3.45. The van der Waals surface area contributed by atoms with Crippen LogP contribution >= 0.6 is 11.8 Å². The molecule has 2 N–H and O–H groups in total. The van der Waals surface area contributed by atoms with Crippen LogP contribution < -0.4 is 5.73 Å². The number of aromatic nitrogens is 2. The Kier molecular flexibility index (Phi) is 4.45. The van der Waals surface area contributed by atoms with Gasteiger partial charge < -0.3 is 10.3 Å². The average Bonchev–Trinajstić information content (AvgIpc) is 2.86. The second kappa shape index (κ2) is 5.87. The highest BCUT2D eigenvalue weighted by atomic mass is 32.2. The minimum atomic E-state index is 0.201. The molecule has 0 amide bonds. The summed E-state index contributed by atoms with van der Waals surface area (Å²) in [5.41, 5.74) is 6.03. The fourth-order valence-electron chi connectivity index (χ4n) is 2.16. The Morgan fingerprint density at radius 1 is 1.47 bits per heavy atom. The molecule has 0 saturated heterocycles. The third-order valence-corrected chi connectivity index (χ3v) is 4.42. The molecule has 1 aliphatic rings. The van der Waals surface area contributed by atoms with E-state index in [-0.39, 0.29) is 12.0 Å². The molecular formula is C12H21N3OS. The molecule has 5 heteroatoms. The van der Waals surface area contributed by atoms with E-state index in [4.69, 9.17) is 10.3 Å². The van der Waals surface area contributed by atoms with E-state index in [1.165, 1.54) is 6.42 Å². The zero-order valence-corrected chi connectivity index (χ0v) is 11.4. The fourth-order valence-corrected chi connectivity index (χ4v) is 3.05. The normalized spacial score (nSPS) is 24.7. The van der Waals surface area contributed by atoms with Crippen molar-refractivity contribution < 1.29 is 4.52 Å². The molecule has 0 bridgehead atoms. The first-order valence-corrected chi connectivity index (χ1v) is 7.48. The van der Waals surface area contributed by atoms with Crippen molar-refractivity contribution in [1.29, 1.82) is 0 Å². The second-order valence-corrected chi connectivity index (χ2v) is 6.19. The van der Waals surface area contributed by atoms with Crippen molar-refractivity contribution >= 4 is 11.8 Å². The first-order chi connectivity index (χ1) is 8.16. The lowest BCUT2D eigenvalue weighted by Gasteiger charge is -2.08. The molecule has 0 spiro atoms. The van der Waals surface area contributed by atoms with E-state index in [1.807, 2.05) is 11.8 Å². The average molecular weight is 255 g/mol. The zero-order valence-electron chi connectivity index (χ0n) is 10.6. The molecule has 4 nitrogen and oxygen atoms in total. The summed E-state index contributed by atoms with van der Waals surface area (Å²) in [6, 6.07) is 0.201. The predicted molar refractivity (Wildman–Crippen MR) is 69.9 cm³/mol. The largest absolute Gasteiger partial charge is 0.339 e. The van der Waals surface area contributed by atoms with Gasteiger partial charge in [0, 0.05) is 6.04 Å². The standard InChI is InChI=1S/C12H21N3OS/c1-8(2)6-17-7-11-14-12(16-15-11)9-4-3-5-10(9)13/h8-10H,3-7,13H2,1-2H3. The summed E-state index contributed by atoms with van der Waals surface area (Å²) in [5, 5.41) is 4.03. The Labute approximate surface area is 107 Å². The minimum absolute atomic E-state index is 0.201. The lowest BCUT2D eigenvalue weighted by Crippen LogP contribution is -2.22. The van der Waals surface area contributed by atoms with Crippen molar-refractivity contribution in [3.05, 3.63) is 11.7 Å². The van der Waals surface area contributed by atoms with Crippen LogP contribution in [0.15, 0.2) is 4.52 Å². The van der Waals surface area contributed by atoms with Gasteiger partial charge in [-0.3, -0.25) is 0 Å². The predicted octanol–water partition coefficient (Wildman–Crippen LogP) is 2.55. The van der Waals surface area contributed by atoms with Crippen LogP contribution in [0.5, 0.6) is 0 Å². The first kappa shape index (κ1) is 12.9. The van der Waals surface area contributed by atoms with Crippen molar-refractivity contribution in [2.45, 2.75) is 50.8 Å². The maximum Gasteiger partial charge on any atom is 0.231 e. The summed E-state index contributed by atoms with van der Waals surface area (Å²) >= 11 is 1.85. The maximum atomic E-state index is 6.03. The molecule has 1 heterocycles. The van der Waals surface area contributed by atoms with Crippen LogP contribution in [-0.2, 0) is 5.75 Å². The quantitative estimate of drug-likeness (QED) is 0.876. The smallest absolute Gasteiger partial charge is 0.231 e. The molecule has 2 unspecified atom stereocenters. The molecule has 1 aromatic rings. The zero-order chi connectivity index (χ0) is 12.3. The van der Waals surface area contributed by atoms with Gasteiger partial charge in [-0.25, -0.2) is 0 Å². The Morgan fingerprint density at radius 2 is 2.29 bits per heavy atom. The van der Waals surface area contributed by atoms with Gasteiger partial charge in [-0.05, 0) is 24.5 Å². The third-order valence-electron chi connectivity index (χ3n) is 3.05. The van der Waals surface area contributed by atoms with Gasteiger partial charge in [0.25, 0.3) is 0 Å². The summed E-state index contributed by atoms with van der Waals surface area (Å²) in [7, 11) is 0. The fraction of sp³-hybridized carbons (Fsp3) is 0.833. The number of hydrogen-bond acceptors (Lipinski definition) is 5. The van der Waals surface area contributed by atoms with Crippen LogP contribution in [0.3, 0.4) is 0 Å². The summed E-state index contributed by atoms with van der Waals surface area (Å²) < 4.78 is 5.32. The number of hydrogen-bond donors (Lipinski definition) is 1. The van der Waals surface area contributed by atoms with Gasteiger partial charge in [0.1, 0.15) is 0 Å². The summed E-state index contributed by atoms with van der Waals surface area (Å²) in [6.45, 7) is 4.43. The first-order valence-electron chi connectivity index (χ1n) is 6.32. The van der Waals surface area contributed by atoms with Crippen molar-refractivity contribution in [2.24, 2.45) is 11.7 Å². The van der Waals surface area contributed by atoms with Crippen molar-refractivity contribution in [3.63, 3.8) is 0 Å². The van der Waals surface area contributed by atoms with Crippen molar-refractivity contribution in [3.8, 4) is 0 Å². The van der Waals surface area contributed by atoms with Crippen LogP contribution in [0.25, 0.3) is 0 Å². The summed E-state index contributed by atoms with van der Waals surface area (Å²) in [5.74, 6) is 4.51. The second-order valence-electron chi connectivity index (χ2n) is 5.16. The van der Waals surface area contributed by atoms with Crippen LogP contribution in [0.2, 0.25) is 0 Å². The van der Waals surface area contributed by atoms with Gasteiger partial charge in [-0.1, -0.05) is 25.4 Å². The molecule has 1 saturated carbocycles. The highest BCUT2D eigenvalue weighted by Gasteiger charge is 2.30. The van der Waals surface area contributed by atoms with E-state index in [2.05, 4.69) is 24.0 Å². The minimum Gasteiger partial charge on any atom is -0.339 e. The summed E-state index contributed by atoms with van der Waals surface area (Å²) in [4.78, 5) is 4.46. The van der Waals surface area contributed by atoms with E-state index in [9.17, 15) is 0 Å². The Morgan fingerprint density at radius 3 is 2.94 bits per heavy atom. The van der Waals surface area contributed by atoms with Crippen LogP contribution in [0.4, 0.5) is 0 Å². The Balaban J connectivity index is 1.87. The molecule has 2 rings (SSSR count). The molecule has 0 aromatic carbocycles. The molecule has 17 heavy (non-hydrogen) atoms. The number of rotatable bonds is 5. The van der Waals surface area contributed by atoms with Crippen LogP contribution in [0.1, 0.15) is 50.7 Å². The van der Waals surface area contributed by atoms with Gasteiger partial charge >= 0.3 is 0 Å². The highest BCUT2D eigenvalue weighted by molar-refractivity contribution is 7.98. The van der Waals surface area contributed by atoms with E-state index >= 15 is 0 Å². The van der Waals surface area contributed by atoms with Gasteiger partial charge in [-0.15, -0.1) is 0 Å². The van der Waals surface area contributed by atoms with Crippen molar-refractivity contribution in [1.82, 2.24) is 10.1 Å². The molecule has 96 valence electrons. The maximum absolute atomic E-state index is 6.03. The molecule has 0 aliphatic heterocycles. The van der Waals surface area contributed by atoms with E-state index < -0.39 is 0 Å². The molecule has 0 radical (unpaired) electrons. The van der Waals surface area contributed by atoms with Crippen molar-refractivity contribution in [2.75, 3.05) is 5.75 Å². The van der Waals surface area contributed by atoms with Gasteiger partial charge in [0.2, 0.25) is 5.89 Å². The molecule has 1 aliphatic carbocycles. The van der Waals surface area contributed by atoms with Crippen LogP contribution in [0, 0.1) is 5.92 Å². The van der Waals surface area contributed by atoms with Gasteiger partial charge in [-0.2, -0.15) is 16.7 Å². The molecule has 2 atom stereocenters. The SMILES string of the molecule is CC(C)CSCc1noc(C2CCCC2N)n1. The number of thioether (sulfide) groups is 1. The van der Waals surface area contributed by atoms with E-state index in [0.29, 0.717) is 5.92 Å². The highest BCUT2D eigenvalue weighted by Crippen LogP contribution is 2.32. The van der Waals surface area contributed by atoms with Crippen LogP contribution in [-0.4, -0.2) is 21.9 Å².